The van der Waals surface area contributed by atoms with Crippen LogP contribution in [0.2, 0.25) is 0 Å². The Hall–Kier alpha value is -4.20. The highest BCUT2D eigenvalue weighted by molar-refractivity contribution is 5.95. The molecular formula is C27H26FN3O4. The van der Waals surface area contributed by atoms with Crippen LogP contribution < -0.4 is 11.1 Å². The maximum absolute atomic E-state index is 14.2. The highest BCUT2D eigenvalue weighted by Gasteiger charge is 2.30. The van der Waals surface area contributed by atoms with Gasteiger partial charge >= 0.3 is 12.1 Å². The van der Waals surface area contributed by atoms with Gasteiger partial charge in [0.25, 0.3) is 0 Å². The van der Waals surface area contributed by atoms with E-state index in [9.17, 15) is 14.0 Å². The van der Waals surface area contributed by atoms with Crippen molar-refractivity contribution in [1.29, 1.82) is 5.41 Å². The molecule has 35 heavy (non-hydrogen) atoms. The van der Waals surface area contributed by atoms with Crippen LogP contribution in [0.4, 0.5) is 9.18 Å². The molecule has 0 aromatic heterocycles. The third kappa shape index (κ3) is 5.16. The number of nitrogens with one attached hydrogen (secondary N) is 2. The van der Waals surface area contributed by atoms with Crippen molar-refractivity contribution in [2.24, 2.45) is 5.73 Å². The zero-order chi connectivity index (χ0) is 24.9. The van der Waals surface area contributed by atoms with Crippen molar-refractivity contribution in [3.63, 3.8) is 0 Å². The highest BCUT2D eigenvalue weighted by Crippen LogP contribution is 2.44. The molecule has 8 heteroatoms. The molecule has 1 unspecified atom stereocenters. The standard InChI is InChI=1S/C27H26FN3O4/c1-2-34-26(32)24(14-16-11-12-21(25(29)30)23(28)13-16)31-27(33)35-15-22-19-9-5-3-7-17(19)18-8-4-6-10-20(18)22/h3-13,22,24H,2,14-15H2,1H3,(H3,29,30)(H,31,33). The topological polar surface area (TPSA) is 115 Å². The van der Waals surface area contributed by atoms with E-state index < -0.39 is 29.8 Å². The number of carbonyl (C=O) groups is 2. The summed E-state index contributed by atoms with van der Waals surface area (Å²) in [6.07, 6.45) is -0.788. The molecule has 1 amide bonds. The molecule has 0 spiro atoms. The molecule has 1 atom stereocenters. The number of ether oxygens (including phenoxy) is 2. The number of fused-ring (bicyclic) bond motifs is 3. The van der Waals surface area contributed by atoms with Crippen molar-refractivity contribution in [3.8, 4) is 11.1 Å². The summed E-state index contributed by atoms with van der Waals surface area (Å²) in [4.78, 5) is 25.2. The monoisotopic (exact) mass is 475 g/mol. The van der Waals surface area contributed by atoms with Crippen molar-refractivity contribution < 1.29 is 23.5 Å². The molecule has 0 heterocycles. The molecule has 1 aliphatic carbocycles. The fourth-order valence-corrected chi connectivity index (χ4v) is 4.36. The molecule has 4 N–H and O–H groups in total. The number of nitrogens with two attached hydrogens (primary N) is 1. The normalized spacial score (nSPS) is 12.9. The number of rotatable bonds is 8. The van der Waals surface area contributed by atoms with Gasteiger partial charge in [-0.25, -0.2) is 14.0 Å². The number of alkyl carbamates (subject to hydrolysis) is 1. The Morgan fingerprint density at radius 2 is 1.66 bits per heavy atom. The van der Waals surface area contributed by atoms with E-state index in [2.05, 4.69) is 5.32 Å². The summed E-state index contributed by atoms with van der Waals surface area (Å²) in [5, 5.41) is 9.96. The number of benzene rings is 3. The number of amides is 1. The Morgan fingerprint density at radius 1 is 1.03 bits per heavy atom. The zero-order valence-corrected chi connectivity index (χ0v) is 19.2. The molecule has 0 saturated carbocycles. The SMILES string of the molecule is CCOC(=O)C(Cc1ccc(C(=N)N)c(F)c1)NC(=O)OCC1c2ccccc2-c2ccccc21. The van der Waals surface area contributed by atoms with Crippen molar-refractivity contribution >= 4 is 17.9 Å². The van der Waals surface area contributed by atoms with Crippen LogP contribution in [0.3, 0.4) is 0 Å². The summed E-state index contributed by atoms with van der Waals surface area (Å²) < 4.78 is 24.9. The number of hydrogen-bond acceptors (Lipinski definition) is 5. The number of halogens is 1. The van der Waals surface area contributed by atoms with Gasteiger partial charge in [0.15, 0.2) is 0 Å². The highest BCUT2D eigenvalue weighted by atomic mass is 19.1. The van der Waals surface area contributed by atoms with Crippen LogP contribution in [0, 0.1) is 11.2 Å². The van der Waals surface area contributed by atoms with Gasteiger partial charge < -0.3 is 20.5 Å². The van der Waals surface area contributed by atoms with Gasteiger partial charge in [-0.15, -0.1) is 0 Å². The van der Waals surface area contributed by atoms with Crippen LogP contribution in [0.5, 0.6) is 0 Å². The minimum atomic E-state index is -1.08. The second kappa shape index (κ2) is 10.4. The van der Waals surface area contributed by atoms with E-state index in [1.807, 2.05) is 48.5 Å². The lowest BCUT2D eigenvalue weighted by atomic mass is 9.98. The quantitative estimate of drug-likeness (QED) is 0.258. The fraction of sp³-hybridized carbons (Fsp3) is 0.222. The van der Waals surface area contributed by atoms with Crippen LogP contribution in [0.15, 0.2) is 66.7 Å². The summed E-state index contributed by atoms with van der Waals surface area (Å²) in [6.45, 7) is 1.88. The van der Waals surface area contributed by atoms with Gasteiger partial charge in [-0.2, -0.15) is 0 Å². The van der Waals surface area contributed by atoms with Gasteiger partial charge in [0.05, 0.1) is 12.2 Å². The minimum Gasteiger partial charge on any atom is -0.464 e. The van der Waals surface area contributed by atoms with Crippen molar-refractivity contribution in [2.45, 2.75) is 25.3 Å². The van der Waals surface area contributed by atoms with Crippen LogP contribution in [-0.2, 0) is 20.7 Å². The Morgan fingerprint density at radius 3 is 2.23 bits per heavy atom. The van der Waals surface area contributed by atoms with Crippen molar-refractivity contribution in [1.82, 2.24) is 5.32 Å². The van der Waals surface area contributed by atoms with Gasteiger partial charge in [-0.05, 0) is 46.9 Å². The first-order valence-corrected chi connectivity index (χ1v) is 11.3. The van der Waals surface area contributed by atoms with Crippen molar-refractivity contribution in [2.75, 3.05) is 13.2 Å². The third-order valence-corrected chi connectivity index (χ3v) is 5.97. The van der Waals surface area contributed by atoms with Crippen molar-refractivity contribution in [3.05, 3.63) is 94.8 Å². The van der Waals surface area contributed by atoms with Crippen LogP contribution in [0.25, 0.3) is 11.1 Å². The molecule has 7 nitrogen and oxygen atoms in total. The van der Waals surface area contributed by atoms with Crippen LogP contribution in [0.1, 0.15) is 35.1 Å². The van der Waals surface area contributed by atoms with E-state index in [-0.39, 0.29) is 31.1 Å². The first-order valence-electron chi connectivity index (χ1n) is 11.3. The van der Waals surface area contributed by atoms with Gasteiger partial charge in [0.2, 0.25) is 0 Å². The minimum absolute atomic E-state index is 0.0157. The second-order valence-electron chi connectivity index (χ2n) is 8.21. The summed E-state index contributed by atoms with van der Waals surface area (Å²) in [7, 11) is 0. The van der Waals surface area contributed by atoms with Gasteiger partial charge in [0.1, 0.15) is 24.3 Å². The van der Waals surface area contributed by atoms with E-state index >= 15 is 0 Å². The zero-order valence-electron chi connectivity index (χ0n) is 19.2. The summed E-state index contributed by atoms with van der Waals surface area (Å²) >= 11 is 0. The smallest absolute Gasteiger partial charge is 0.407 e. The summed E-state index contributed by atoms with van der Waals surface area (Å²) in [5.41, 5.74) is 10.1. The predicted octanol–water partition coefficient (Wildman–Crippen LogP) is 4.12. The number of amidine groups is 1. The average Bonchev–Trinajstić information content (AvgIpc) is 3.16. The lowest BCUT2D eigenvalue weighted by molar-refractivity contribution is -0.145. The number of hydrogen-bond donors (Lipinski definition) is 3. The van der Waals surface area contributed by atoms with E-state index in [0.717, 1.165) is 22.3 Å². The third-order valence-electron chi connectivity index (χ3n) is 5.97. The average molecular weight is 476 g/mol. The Kier molecular flexibility index (Phi) is 7.10. The van der Waals surface area contributed by atoms with E-state index in [1.165, 1.54) is 12.1 Å². The number of nitrogen functional groups attached to an aromatic ring is 1. The first kappa shape index (κ1) is 23.9. The maximum atomic E-state index is 14.2. The number of esters is 1. The molecule has 1 aliphatic rings. The van der Waals surface area contributed by atoms with Gasteiger partial charge in [-0.1, -0.05) is 54.6 Å². The molecule has 0 aliphatic heterocycles. The molecule has 4 rings (SSSR count). The molecule has 0 bridgehead atoms. The Balaban J connectivity index is 1.46. The second-order valence-corrected chi connectivity index (χ2v) is 8.21. The summed E-state index contributed by atoms with van der Waals surface area (Å²) in [6, 6.07) is 19.0. The first-order chi connectivity index (χ1) is 16.9. The lowest BCUT2D eigenvalue weighted by Crippen LogP contribution is -2.44. The number of carbonyl (C=O) groups excluding carboxylic acids is 2. The summed E-state index contributed by atoms with van der Waals surface area (Å²) in [5.74, 6) is -1.86. The maximum Gasteiger partial charge on any atom is 0.407 e. The van der Waals surface area contributed by atoms with Gasteiger partial charge in [-0.3, -0.25) is 5.41 Å². The van der Waals surface area contributed by atoms with Crippen LogP contribution in [-0.4, -0.2) is 37.2 Å². The molecule has 180 valence electrons. The molecule has 3 aromatic carbocycles. The Bertz CT molecular complexity index is 1230. The molecule has 0 radical (unpaired) electrons. The van der Waals surface area contributed by atoms with E-state index in [0.29, 0.717) is 5.56 Å². The van der Waals surface area contributed by atoms with Gasteiger partial charge in [0, 0.05) is 12.3 Å². The predicted molar refractivity (Wildman–Crippen MR) is 130 cm³/mol. The fourth-order valence-electron chi connectivity index (χ4n) is 4.36. The molecule has 0 saturated heterocycles. The molecule has 0 fully saturated rings. The molecule has 3 aromatic rings. The molecular weight excluding hydrogens is 449 g/mol. The Labute approximate surface area is 202 Å². The van der Waals surface area contributed by atoms with Crippen LogP contribution >= 0.6 is 0 Å². The van der Waals surface area contributed by atoms with E-state index in [4.69, 9.17) is 20.6 Å². The lowest BCUT2D eigenvalue weighted by Gasteiger charge is -2.19. The van der Waals surface area contributed by atoms with E-state index in [1.54, 1.807) is 13.0 Å². The largest absolute Gasteiger partial charge is 0.464 e.